The molecule has 2 aliphatic heterocycles. The van der Waals surface area contributed by atoms with E-state index in [4.69, 9.17) is 25.8 Å². The van der Waals surface area contributed by atoms with Crippen molar-refractivity contribution in [1.82, 2.24) is 23.8 Å². The van der Waals surface area contributed by atoms with Crippen molar-refractivity contribution in [2.45, 2.75) is 122 Å². The molecule has 5 aliphatic rings. The summed E-state index contributed by atoms with van der Waals surface area (Å²) in [5.74, 6) is 0.143. The van der Waals surface area contributed by atoms with Crippen LogP contribution in [0.3, 0.4) is 0 Å². The van der Waals surface area contributed by atoms with Crippen molar-refractivity contribution in [3.63, 3.8) is 0 Å². The SMILES string of the molecule is Cc1cc(CN(C2CC(C(=O)O)C2)C(C)c2ccc3c(c2)CCO3)ccc1OCCn1c(=O)ccn(C)c1=O.Cc1cc(CN(C2CC(C(=O)O)C2)C2CCc3cc(Cl)ccc32)ccc1OCCN1C(=O)CCC1=O. The molecule has 16 nitrogen and oxygen atoms in total. The number of carbonyl (C=O) groups excluding carboxylic acids is 2. The topological polar surface area (TPSA) is 190 Å². The lowest BCUT2D eigenvalue weighted by Crippen LogP contribution is -2.47. The van der Waals surface area contributed by atoms with E-state index in [1.165, 1.54) is 44.0 Å². The minimum atomic E-state index is -0.721. The highest BCUT2D eigenvalue weighted by molar-refractivity contribution is 6.30. The van der Waals surface area contributed by atoms with Crippen LogP contribution in [0.5, 0.6) is 17.2 Å². The number of halogens is 1. The second kappa shape index (κ2) is 23.0. The molecular weight excluding hydrogens is 978 g/mol. The Morgan fingerprint density at radius 3 is 2.00 bits per heavy atom. The molecule has 396 valence electrons. The van der Waals surface area contributed by atoms with Crippen LogP contribution in [0.2, 0.25) is 5.02 Å². The number of hydrogen-bond donors (Lipinski definition) is 2. The number of benzene rings is 4. The molecule has 3 heterocycles. The van der Waals surface area contributed by atoms with Gasteiger partial charge in [-0.3, -0.25) is 43.2 Å². The first-order valence-electron chi connectivity index (χ1n) is 26.1. The van der Waals surface area contributed by atoms with Crippen molar-refractivity contribution in [2.24, 2.45) is 18.9 Å². The van der Waals surface area contributed by atoms with Gasteiger partial charge in [0, 0.05) is 80.9 Å². The molecule has 3 fully saturated rings. The summed E-state index contributed by atoms with van der Waals surface area (Å²) < 4.78 is 20.0. The van der Waals surface area contributed by atoms with Crippen LogP contribution in [-0.2, 0) is 58.7 Å². The third-order valence-corrected chi connectivity index (χ3v) is 16.1. The van der Waals surface area contributed by atoms with Crippen LogP contribution >= 0.6 is 11.6 Å². The van der Waals surface area contributed by atoms with Gasteiger partial charge in [-0.15, -0.1) is 0 Å². The normalized spacial score (nSPS) is 20.9. The van der Waals surface area contributed by atoms with Crippen LogP contribution in [0.25, 0.3) is 0 Å². The van der Waals surface area contributed by atoms with Crippen molar-refractivity contribution in [3.05, 3.63) is 155 Å². The molecule has 5 aromatic rings. The predicted molar refractivity (Wildman–Crippen MR) is 281 cm³/mol. The summed E-state index contributed by atoms with van der Waals surface area (Å²) in [5, 5.41) is 19.6. The number of ether oxygens (including phenoxy) is 3. The Labute approximate surface area is 441 Å². The van der Waals surface area contributed by atoms with E-state index in [-0.39, 0.29) is 98.2 Å². The summed E-state index contributed by atoms with van der Waals surface area (Å²) >= 11 is 6.23. The molecule has 10 rings (SSSR count). The smallest absolute Gasteiger partial charge is 0.330 e. The summed E-state index contributed by atoms with van der Waals surface area (Å²) in [6.45, 7) is 9.17. The monoisotopic (exact) mass is 1040 g/mol. The van der Waals surface area contributed by atoms with E-state index < -0.39 is 11.9 Å². The van der Waals surface area contributed by atoms with Gasteiger partial charge in [-0.1, -0.05) is 54.1 Å². The standard InChI is InChI=1S/C30H35N3O6.C28H31ClN2O5/c1-19-14-21(4-6-26(19)39-13-11-32-28(34)8-10-31(3)30(32)37)18-33(25-16-24(17-25)29(35)36)20(2)22-5-7-27-23(15-22)9-12-38-27;1-17-12-18(2-7-25(17)36-11-10-30-26(32)8-9-27(30)33)16-31(22-14-20(15-22)28(34)35)24-6-3-19-13-21(29)4-5-23(19)24/h4-8,10,14-15,20,24-25H,9,11-13,16-18H2,1-3H3,(H,35,36);2,4-5,7,12-13,20,22,24H,3,6,8-11,14-16H2,1H3,(H,34,35). The van der Waals surface area contributed by atoms with Gasteiger partial charge in [-0.05, 0) is 134 Å². The molecule has 1 saturated heterocycles. The molecule has 0 radical (unpaired) electrons. The number of hydrogen-bond acceptors (Lipinski definition) is 11. The molecule has 2 amide bonds. The average Bonchev–Trinajstić information content (AvgIpc) is 4.08. The van der Waals surface area contributed by atoms with Crippen LogP contribution in [0.4, 0.5) is 0 Å². The number of aromatic nitrogens is 2. The molecule has 75 heavy (non-hydrogen) atoms. The highest BCUT2D eigenvalue weighted by Crippen LogP contribution is 2.44. The number of carbonyl (C=O) groups is 4. The summed E-state index contributed by atoms with van der Waals surface area (Å²) in [6.07, 6.45) is 7.54. The molecule has 1 aromatic heterocycles. The fourth-order valence-corrected chi connectivity index (χ4v) is 11.5. The van der Waals surface area contributed by atoms with Crippen LogP contribution in [-0.4, -0.2) is 96.2 Å². The Bertz CT molecular complexity index is 3070. The minimum absolute atomic E-state index is 0.110. The number of fused-ring (bicyclic) bond motifs is 2. The van der Waals surface area contributed by atoms with Crippen molar-refractivity contribution >= 4 is 35.4 Å². The van der Waals surface area contributed by atoms with E-state index >= 15 is 0 Å². The quantitative estimate of drug-likeness (QED) is 0.0763. The second-order valence-electron chi connectivity index (χ2n) is 20.7. The van der Waals surface area contributed by atoms with Crippen molar-refractivity contribution in [3.8, 4) is 17.2 Å². The zero-order chi connectivity index (χ0) is 53.1. The van der Waals surface area contributed by atoms with E-state index in [0.29, 0.717) is 44.6 Å². The van der Waals surface area contributed by atoms with Crippen LogP contribution in [0.1, 0.15) is 108 Å². The van der Waals surface area contributed by atoms with E-state index in [1.54, 1.807) is 7.05 Å². The Balaban J connectivity index is 0.000000184. The molecule has 3 aliphatic carbocycles. The van der Waals surface area contributed by atoms with Gasteiger partial charge in [0.15, 0.2) is 0 Å². The summed E-state index contributed by atoms with van der Waals surface area (Å²) in [5.41, 5.74) is 8.49. The van der Waals surface area contributed by atoms with Gasteiger partial charge in [0.25, 0.3) is 5.56 Å². The van der Waals surface area contributed by atoms with Crippen LogP contribution in [0.15, 0.2) is 94.6 Å². The van der Waals surface area contributed by atoms with Crippen molar-refractivity contribution < 1.29 is 43.6 Å². The molecule has 2 atom stereocenters. The molecule has 17 heteroatoms. The lowest BCUT2D eigenvalue weighted by Gasteiger charge is -2.44. The molecular formula is C58H66ClN5O11. The number of amides is 2. The Kier molecular flexibility index (Phi) is 16.3. The molecule has 0 bridgehead atoms. The maximum Gasteiger partial charge on any atom is 0.330 e. The third kappa shape index (κ3) is 12.0. The first-order valence-corrected chi connectivity index (χ1v) is 26.4. The fourth-order valence-electron chi connectivity index (χ4n) is 11.3. The number of carboxylic acid groups (broad SMARTS) is 2. The molecule has 4 aromatic carbocycles. The lowest BCUT2D eigenvalue weighted by atomic mass is 9.78. The molecule has 2 N–H and O–H groups in total. The van der Waals surface area contributed by atoms with Crippen molar-refractivity contribution in [1.29, 1.82) is 0 Å². The third-order valence-electron chi connectivity index (χ3n) is 15.9. The summed E-state index contributed by atoms with van der Waals surface area (Å²) in [4.78, 5) is 77.0. The van der Waals surface area contributed by atoms with Gasteiger partial charge in [0.05, 0.1) is 31.5 Å². The average molecular weight is 1040 g/mol. The molecule has 0 spiro atoms. The maximum absolute atomic E-state index is 12.2. The molecule has 2 unspecified atom stereocenters. The van der Waals surface area contributed by atoms with Crippen LogP contribution < -0.4 is 25.5 Å². The zero-order valence-corrected chi connectivity index (χ0v) is 43.8. The summed E-state index contributed by atoms with van der Waals surface area (Å²) in [7, 11) is 1.61. The van der Waals surface area contributed by atoms with E-state index in [9.17, 15) is 39.0 Å². The van der Waals surface area contributed by atoms with Gasteiger partial charge in [0.1, 0.15) is 30.5 Å². The molecule has 2 saturated carbocycles. The van der Waals surface area contributed by atoms with E-state index in [2.05, 4.69) is 53.1 Å². The van der Waals surface area contributed by atoms with Gasteiger partial charge < -0.3 is 29.0 Å². The Morgan fingerprint density at radius 2 is 1.36 bits per heavy atom. The second-order valence-corrected chi connectivity index (χ2v) is 21.2. The number of rotatable bonds is 19. The minimum Gasteiger partial charge on any atom is -0.493 e. The van der Waals surface area contributed by atoms with Gasteiger partial charge in [-0.2, -0.15) is 0 Å². The number of carboxylic acids is 2. The van der Waals surface area contributed by atoms with Gasteiger partial charge in [-0.25, -0.2) is 4.79 Å². The first kappa shape index (κ1) is 53.1. The Morgan fingerprint density at radius 1 is 0.733 bits per heavy atom. The fraction of sp³-hybridized carbons (Fsp3) is 0.448. The summed E-state index contributed by atoms with van der Waals surface area (Å²) in [6, 6.07) is 26.8. The van der Waals surface area contributed by atoms with E-state index in [0.717, 1.165) is 69.1 Å². The number of aliphatic carboxylic acids is 2. The maximum atomic E-state index is 12.2. The number of nitrogens with zero attached hydrogens (tertiary/aromatic N) is 5. The van der Waals surface area contributed by atoms with Gasteiger partial charge in [0.2, 0.25) is 11.8 Å². The lowest BCUT2D eigenvalue weighted by molar-refractivity contribution is -0.148. The predicted octanol–water partition coefficient (Wildman–Crippen LogP) is 7.82. The first-order chi connectivity index (χ1) is 36.0. The van der Waals surface area contributed by atoms with Crippen LogP contribution in [0, 0.1) is 25.7 Å². The number of aryl methyl sites for hydroxylation is 4. The zero-order valence-electron chi connectivity index (χ0n) is 43.0. The number of likely N-dealkylation sites (tertiary alicyclic amines) is 1. The highest BCUT2D eigenvalue weighted by Gasteiger charge is 2.43. The highest BCUT2D eigenvalue weighted by atomic mass is 35.5. The van der Waals surface area contributed by atoms with E-state index in [1.807, 2.05) is 50.2 Å². The number of imide groups is 1. The van der Waals surface area contributed by atoms with Gasteiger partial charge >= 0.3 is 17.6 Å². The Hall–Kier alpha value is -6.75. The van der Waals surface area contributed by atoms with Crippen molar-refractivity contribution in [2.75, 3.05) is 26.4 Å². The largest absolute Gasteiger partial charge is 0.493 e.